The average Bonchev–Trinajstić information content (AvgIpc) is 2.86. The fourth-order valence-corrected chi connectivity index (χ4v) is 3.22. The van der Waals surface area contributed by atoms with E-state index in [2.05, 4.69) is 11.9 Å². The summed E-state index contributed by atoms with van der Waals surface area (Å²) < 4.78 is 1.35. The number of aromatic nitrogens is 2. The molecule has 0 aliphatic heterocycles. The zero-order valence-corrected chi connectivity index (χ0v) is 11.9. The van der Waals surface area contributed by atoms with Crippen molar-refractivity contribution in [2.45, 2.75) is 32.2 Å². The molecule has 0 amide bonds. The van der Waals surface area contributed by atoms with Crippen LogP contribution in [0.4, 0.5) is 0 Å². The van der Waals surface area contributed by atoms with Crippen LogP contribution >= 0.6 is 0 Å². The molecule has 1 aliphatic carbocycles. The summed E-state index contributed by atoms with van der Waals surface area (Å²) in [5.74, 6) is 0.0804. The van der Waals surface area contributed by atoms with E-state index in [1.54, 1.807) is 24.3 Å². The molecule has 1 heterocycles. The average molecular weight is 286 g/mol. The molecule has 5 heteroatoms. The lowest BCUT2D eigenvalue weighted by molar-refractivity contribution is 0.325. The molecule has 2 atom stereocenters. The van der Waals surface area contributed by atoms with Crippen molar-refractivity contribution in [3.05, 3.63) is 51.2 Å². The minimum absolute atomic E-state index is 0.0585. The van der Waals surface area contributed by atoms with Crippen molar-refractivity contribution in [3.63, 3.8) is 0 Å². The summed E-state index contributed by atoms with van der Waals surface area (Å²) in [4.78, 5) is 26.5. The van der Waals surface area contributed by atoms with Gasteiger partial charge < -0.3 is 5.11 Å². The highest BCUT2D eigenvalue weighted by Crippen LogP contribution is 2.37. The number of hydrogen-bond donors (Lipinski definition) is 2. The minimum Gasteiger partial charge on any atom is -0.494 e. The maximum Gasteiger partial charge on any atom is 0.331 e. The molecule has 1 aliphatic rings. The van der Waals surface area contributed by atoms with E-state index in [-0.39, 0.29) is 17.5 Å². The normalized spacial score (nSPS) is 21.6. The topological polar surface area (TPSA) is 75.1 Å². The number of aromatic hydroxyl groups is 1. The summed E-state index contributed by atoms with van der Waals surface area (Å²) in [6.45, 7) is 2.07. The van der Waals surface area contributed by atoms with Crippen LogP contribution < -0.4 is 11.2 Å². The number of benzene rings is 1. The molecule has 5 nitrogen and oxygen atoms in total. The van der Waals surface area contributed by atoms with Gasteiger partial charge in [0.05, 0.1) is 0 Å². The lowest BCUT2D eigenvalue weighted by atomic mass is 10.0. The Morgan fingerprint density at radius 3 is 2.52 bits per heavy atom. The molecule has 110 valence electrons. The third kappa shape index (κ3) is 2.28. The van der Waals surface area contributed by atoms with Gasteiger partial charge in [-0.1, -0.05) is 43.7 Å². The van der Waals surface area contributed by atoms with Gasteiger partial charge in [0.15, 0.2) is 0 Å². The first kappa shape index (κ1) is 13.7. The maximum absolute atomic E-state index is 12.1. The fourth-order valence-electron chi connectivity index (χ4n) is 3.22. The van der Waals surface area contributed by atoms with Crippen molar-refractivity contribution < 1.29 is 5.11 Å². The van der Waals surface area contributed by atoms with Gasteiger partial charge in [-0.2, -0.15) is 0 Å². The third-order valence-electron chi connectivity index (χ3n) is 4.33. The van der Waals surface area contributed by atoms with Crippen LogP contribution in [0.3, 0.4) is 0 Å². The Kier molecular flexibility index (Phi) is 3.41. The van der Waals surface area contributed by atoms with Crippen molar-refractivity contribution in [2.24, 2.45) is 5.92 Å². The predicted octanol–water partition coefficient (Wildman–Crippen LogP) is 2.27. The molecule has 0 spiro atoms. The Labute approximate surface area is 121 Å². The van der Waals surface area contributed by atoms with Crippen LogP contribution in [0.1, 0.15) is 32.2 Å². The Balaban J connectivity index is 2.23. The summed E-state index contributed by atoms with van der Waals surface area (Å²) >= 11 is 0. The van der Waals surface area contributed by atoms with E-state index < -0.39 is 11.2 Å². The molecule has 21 heavy (non-hydrogen) atoms. The second-order valence-electron chi connectivity index (χ2n) is 5.67. The van der Waals surface area contributed by atoms with Crippen LogP contribution in [0.15, 0.2) is 39.9 Å². The van der Waals surface area contributed by atoms with Crippen LogP contribution in [0.2, 0.25) is 0 Å². The van der Waals surface area contributed by atoms with Gasteiger partial charge in [-0.3, -0.25) is 14.3 Å². The summed E-state index contributed by atoms with van der Waals surface area (Å²) in [6, 6.07) is 8.86. The van der Waals surface area contributed by atoms with E-state index in [0.717, 1.165) is 19.3 Å². The summed E-state index contributed by atoms with van der Waals surface area (Å²) in [7, 11) is 0. The second-order valence-corrected chi connectivity index (χ2v) is 5.67. The van der Waals surface area contributed by atoms with Gasteiger partial charge >= 0.3 is 5.69 Å². The SMILES string of the molecule is CC1CCCC1n1c(O)c(-c2ccccc2)c(=O)[nH]c1=O. The molecule has 1 fully saturated rings. The van der Waals surface area contributed by atoms with Crippen LogP contribution in [0.5, 0.6) is 5.88 Å². The summed E-state index contributed by atoms with van der Waals surface area (Å²) in [5.41, 5.74) is -0.313. The van der Waals surface area contributed by atoms with E-state index in [1.807, 2.05) is 6.07 Å². The highest BCUT2D eigenvalue weighted by Gasteiger charge is 2.29. The number of hydrogen-bond acceptors (Lipinski definition) is 3. The van der Waals surface area contributed by atoms with Gasteiger partial charge in [-0.05, 0) is 24.3 Å². The third-order valence-corrected chi connectivity index (χ3v) is 4.33. The monoisotopic (exact) mass is 286 g/mol. The molecule has 0 saturated heterocycles. The van der Waals surface area contributed by atoms with Gasteiger partial charge in [0.25, 0.3) is 5.56 Å². The van der Waals surface area contributed by atoms with Crippen molar-refractivity contribution in [2.75, 3.05) is 0 Å². The lowest BCUT2D eigenvalue weighted by Gasteiger charge is -2.20. The molecule has 1 aromatic carbocycles. The highest BCUT2D eigenvalue weighted by molar-refractivity contribution is 5.67. The molecule has 3 rings (SSSR count). The van der Waals surface area contributed by atoms with E-state index >= 15 is 0 Å². The molecule has 1 saturated carbocycles. The van der Waals surface area contributed by atoms with Gasteiger partial charge in [0, 0.05) is 6.04 Å². The molecule has 2 N–H and O–H groups in total. The number of aromatic amines is 1. The standard InChI is InChI=1S/C16H18N2O3/c1-10-6-5-9-12(10)18-15(20)13(14(19)17-16(18)21)11-7-3-2-4-8-11/h2-4,7-8,10,12,20H,5-6,9H2,1H3,(H,17,19,21). The van der Waals surface area contributed by atoms with Crippen molar-refractivity contribution >= 4 is 0 Å². The highest BCUT2D eigenvalue weighted by atomic mass is 16.3. The molecular formula is C16H18N2O3. The van der Waals surface area contributed by atoms with Crippen molar-refractivity contribution in [1.29, 1.82) is 0 Å². The number of H-pyrrole nitrogens is 1. The number of nitrogens with one attached hydrogen (secondary N) is 1. The van der Waals surface area contributed by atoms with Gasteiger partial charge in [0.2, 0.25) is 5.88 Å². The maximum atomic E-state index is 12.1. The Morgan fingerprint density at radius 2 is 1.90 bits per heavy atom. The minimum atomic E-state index is -0.550. The largest absolute Gasteiger partial charge is 0.494 e. The van der Waals surface area contributed by atoms with Crippen LogP contribution in [-0.4, -0.2) is 14.7 Å². The predicted molar refractivity (Wildman–Crippen MR) is 80.5 cm³/mol. The quantitative estimate of drug-likeness (QED) is 0.889. The van der Waals surface area contributed by atoms with Crippen LogP contribution in [0, 0.1) is 5.92 Å². The Hall–Kier alpha value is -2.30. The Bertz CT molecular complexity index is 761. The van der Waals surface area contributed by atoms with Crippen molar-refractivity contribution in [3.8, 4) is 17.0 Å². The van der Waals surface area contributed by atoms with E-state index in [9.17, 15) is 14.7 Å². The van der Waals surface area contributed by atoms with E-state index in [1.165, 1.54) is 4.57 Å². The zero-order valence-electron chi connectivity index (χ0n) is 11.9. The molecular weight excluding hydrogens is 268 g/mol. The first-order valence-corrected chi connectivity index (χ1v) is 7.23. The number of nitrogens with zero attached hydrogens (tertiary/aromatic N) is 1. The number of rotatable bonds is 2. The van der Waals surface area contributed by atoms with Crippen LogP contribution in [0.25, 0.3) is 11.1 Å². The second kappa shape index (κ2) is 5.24. The van der Waals surface area contributed by atoms with Gasteiger partial charge in [0.1, 0.15) is 5.56 Å². The fraction of sp³-hybridized carbons (Fsp3) is 0.375. The smallest absolute Gasteiger partial charge is 0.331 e. The summed E-state index contributed by atoms with van der Waals surface area (Å²) in [6.07, 6.45) is 2.89. The lowest BCUT2D eigenvalue weighted by Crippen LogP contribution is -2.34. The van der Waals surface area contributed by atoms with Gasteiger partial charge in [-0.25, -0.2) is 4.79 Å². The molecule has 2 unspecified atom stereocenters. The molecule has 1 aromatic heterocycles. The van der Waals surface area contributed by atoms with E-state index in [4.69, 9.17) is 0 Å². The Morgan fingerprint density at radius 1 is 1.19 bits per heavy atom. The van der Waals surface area contributed by atoms with Gasteiger partial charge in [-0.15, -0.1) is 0 Å². The van der Waals surface area contributed by atoms with E-state index in [0.29, 0.717) is 11.5 Å². The molecule has 0 radical (unpaired) electrons. The first-order valence-electron chi connectivity index (χ1n) is 7.23. The summed E-state index contributed by atoms with van der Waals surface area (Å²) in [5, 5.41) is 10.5. The molecule has 2 aromatic rings. The first-order chi connectivity index (χ1) is 10.1. The van der Waals surface area contributed by atoms with Crippen molar-refractivity contribution in [1.82, 2.24) is 9.55 Å². The van der Waals surface area contributed by atoms with Crippen LogP contribution in [-0.2, 0) is 0 Å². The molecule has 0 bridgehead atoms. The zero-order chi connectivity index (χ0) is 15.0.